The third-order valence-electron chi connectivity index (χ3n) is 2.65. The van der Waals surface area contributed by atoms with Gasteiger partial charge in [0.25, 0.3) is 0 Å². The fraction of sp³-hybridized carbons (Fsp3) is 0.267. The second kappa shape index (κ2) is 7.26. The Kier molecular flexibility index (Phi) is 5.36. The van der Waals surface area contributed by atoms with Crippen molar-refractivity contribution in [2.24, 2.45) is 0 Å². The van der Waals surface area contributed by atoms with Crippen LogP contribution in [0.5, 0.6) is 0 Å². The number of aromatic nitrogens is 1. The Morgan fingerprint density at radius 2 is 2.11 bits per heavy atom. The van der Waals surface area contributed by atoms with E-state index in [-0.39, 0.29) is 0 Å². The van der Waals surface area contributed by atoms with Crippen LogP contribution >= 0.6 is 15.9 Å². The number of halogens is 1. The lowest BCUT2D eigenvalue weighted by molar-refractivity contribution is 0.107. The summed E-state index contributed by atoms with van der Waals surface area (Å²) in [6.45, 7) is 4.07. The number of nitrogens with one attached hydrogen (secondary N) is 1. The molecule has 0 aliphatic carbocycles. The number of ether oxygens (including phenoxy) is 1. The van der Waals surface area contributed by atoms with Crippen molar-refractivity contribution in [3.8, 4) is 0 Å². The second-order valence-electron chi connectivity index (χ2n) is 4.16. The third kappa shape index (κ3) is 4.33. The first-order valence-corrected chi connectivity index (χ1v) is 7.09. The average Bonchev–Trinajstić information content (AvgIpc) is 2.41. The molecule has 19 heavy (non-hydrogen) atoms. The van der Waals surface area contributed by atoms with Crippen LogP contribution in [0.3, 0.4) is 0 Å². The van der Waals surface area contributed by atoms with Gasteiger partial charge in [-0.25, -0.2) is 4.98 Å². The summed E-state index contributed by atoms with van der Waals surface area (Å²) in [5.74, 6) is 0.902. The molecule has 2 aromatic rings. The summed E-state index contributed by atoms with van der Waals surface area (Å²) in [5.41, 5.74) is 2.24. The highest BCUT2D eigenvalue weighted by molar-refractivity contribution is 9.10. The maximum atomic E-state index is 5.75. The molecular formula is C15H17BrN2O. The lowest BCUT2D eigenvalue weighted by atomic mass is 10.2. The molecule has 0 atom stereocenters. The molecule has 0 spiro atoms. The Morgan fingerprint density at radius 3 is 2.89 bits per heavy atom. The Hall–Kier alpha value is -1.39. The van der Waals surface area contributed by atoms with Gasteiger partial charge in [-0.3, -0.25) is 0 Å². The van der Waals surface area contributed by atoms with Gasteiger partial charge >= 0.3 is 0 Å². The lowest BCUT2D eigenvalue weighted by Gasteiger charge is -2.10. The van der Waals surface area contributed by atoms with Crippen molar-refractivity contribution in [2.75, 3.05) is 11.9 Å². The third-order valence-corrected chi connectivity index (χ3v) is 3.14. The first-order chi connectivity index (χ1) is 9.29. The predicted octanol–water partition coefficient (Wildman–Crippen LogP) is 3.99. The van der Waals surface area contributed by atoms with Gasteiger partial charge in [0.05, 0.1) is 13.2 Å². The smallest absolute Gasteiger partial charge is 0.131 e. The second-order valence-corrected chi connectivity index (χ2v) is 5.08. The zero-order chi connectivity index (χ0) is 13.5. The number of hydrogen-bond acceptors (Lipinski definition) is 3. The van der Waals surface area contributed by atoms with E-state index >= 15 is 0 Å². The normalized spacial score (nSPS) is 10.4. The van der Waals surface area contributed by atoms with Crippen molar-refractivity contribution < 1.29 is 4.74 Å². The van der Waals surface area contributed by atoms with Crippen LogP contribution in [0.15, 0.2) is 47.1 Å². The van der Waals surface area contributed by atoms with E-state index in [4.69, 9.17) is 4.74 Å². The van der Waals surface area contributed by atoms with Gasteiger partial charge in [-0.2, -0.15) is 0 Å². The number of rotatable bonds is 6. The zero-order valence-corrected chi connectivity index (χ0v) is 12.5. The quantitative estimate of drug-likeness (QED) is 0.873. The van der Waals surface area contributed by atoms with E-state index in [1.54, 1.807) is 6.20 Å². The maximum absolute atomic E-state index is 5.75. The van der Waals surface area contributed by atoms with Crippen molar-refractivity contribution in [2.45, 2.75) is 20.1 Å². The van der Waals surface area contributed by atoms with Crippen LogP contribution in [0, 0.1) is 0 Å². The van der Waals surface area contributed by atoms with Gasteiger partial charge in [-0.1, -0.05) is 34.1 Å². The molecule has 1 N–H and O–H groups in total. The average molecular weight is 321 g/mol. The van der Waals surface area contributed by atoms with Crippen LogP contribution in [0.1, 0.15) is 18.1 Å². The van der Waals surface area contributed by atoms with Crippen LogP contribution in [-0.2, 0) is 18.0 Å². The highest BCUT2D eigenvalue weighted by Gasteiger charge is 2.02. The van der Waals surface area contributed by atoms with E-state index in [0.29, 0.717) is 13.2 Å². The number of nitrogens with zero attached hydrogens (tertiary/aromatic N) is 1. The van der Waals surface area contributed by atoms with E-state index in [2.05, 4.69) is 45.3 Å². The molecule has 0 saturated heterocycles. The SMILES string of the molecule is CCNc1ncccc1COCc1cccc(Br)c1. The summed E-state index contributed by atoms with van der Waals surface area (Å²) in [6, 6.07) is 12.1. The van der Waals surface area contributed by atoms with Gasteiger partial charge in [-0.15, -0.1) is 0 Å². The van der Waals surface area contributed by atoms with Crippen LogP contribution in [0.2, 0.25) is 0 Å². The van der Waals surface area contributed by atoms with Crippen molar-refractivity contribution >= 4 is 21.7 Å². The molecule has 0 radical (unpaired) electrons. The van der Waals surface area contributed by atoms with Crippen molar-refractivity contribution in [3.05, 3.63) is 58.2 Å². The molecule has 3 nitrogen and oxygen atoms in total. The Bertz CT molecular complexity index is 531. The fourth-order valence-corrected chi connectivity index (χ4v) is 2.23. The molecule has 0 amide bonds. The van der Waals surface area contributed by atoms with Gasteiger partial charge in [0, 0.05) is 22.8 Å². The number of pyridine rings is 1. The minimum atomic E-state index is 0.558. The molecule has 0 aliphatic rings. The Balaban J connectivity index is 1.92. The fourth-order valence-electron chi connectivity index (χ4n) is 1.79. The van der Waals surface area contributed by atoms with Crippen LogP contribution < -0.4 is 5.32 Å². The summed E-state index contributed by atoms with van der Waals surface area (Å²) in [7, 11) is 0. The maximum Gasteiger partial charge on any atom is 0.131 e. The Morgan fingerprint density at radius 1 is 1.21 bits per heavy atom. The molecule has 1 aromatic heterocycles. The molecule has 0 bridgehead atoms. The van der Waals surface area contributed by atoms with E-state index in [1.165, 1.54) is 0 Å². The largest absolute Gasteiger partial charge is 0.372 e. The molecular weight excluding hydrogens is 304 g/mol. The molecule has 4 heteroatoms. The van der Waals surface area contributed by atoms with Crippen LogP contribution in [0.4, 0.5) is 5.82 Å². The minimum absolute atomic E-state index is 0.558. The number of anilines is 1. The van der Waals surface area contributed by atoms with Crippen molar-refractivity contribution in [1.82, 2.24) is 4.98 Å². The van der Waals surface area contributed by atoms with E-state index in [1.807, 2.05) is 24.3 Å². The minimum Gasteiger partial charge on any atom is -0.372 e. The topological polar surface area (TPSA) is 34.2 Å². The van der Waals surface area contributed by atoms with Gasteiger partial charge in [-0.05, 0) is 30.7 Å². The van der Waals surface area contributed by atoms with Crippen LogP contribution in [0.25, 0.3) is 0 Å². The lowest BCUT2D eigenvalue weighted by Crippen LogP contribution is -2.04. The summed E-state index contributed by atoms with van der Waals surface area (Å²) in [5, 5.41) is 3.24. The number of hydrogen-bond donors (Lipinski definition) is 1. The summed E-state index contributed by atoms with van der Waals surface area (Å²) in [6.07, 6.45) is 1.79. The van der Waals surface area contributed by atoms with Crippen LogP contribution in [-0.4, -0.2) is 11.5 Å². The van der Waals surface area contributed by atoms with Crippen molar-refractivity contribution in [1.29, 1.82) is 0 Å². The van der Waals surface area contributed by atoms with Gasteiger partial charge in [0.15, 0.2) is 0 Å². The Labute approximate surface area is 122 Å². The van der Waals surface area contributed by atoms with Gasteiger partial charge in [0.1, 0.15) is 5.82 Å². The molecule has 0 saturated carbocycles. The van der Waals surface area contributed by atoms with E-state index in [0.717, 1.165) is 28.0 Å². The predicted molar refractivity (Wildman–Crippen MR) is 81.0 cm³/mol. The monoisotopic (exact) mass is 320 g/mol. The first-order valence-electron chi connectivity index (χ1n) is 6.29. The van der Waals surface area contributed by atoms with Crippen molar-refractivity contribution in [3.63, 3.8) is 0 Å². The molecule has 1 heterocycles. The highest BCUT2D eigenvalue weighted by atomic mass is 79.9. The molecule has 1 aromatic carbocycles. The highest BCUT2D eigenvalue weighted by Crippen LogP contribution is 2.15. The molecule has 0 unspecified atom stereocenters. The van der Waals surface area contributed by atoms with E-state index in [9.17, 15) is 0 Å². The van der Waals surface area contributed by atoms with Gasteiger partial charge in [0.2, 0.25) is 0 Å². The number of benzene rings is 1. The van der Waals surface area contributed by atoms with Gasteiger partial charge < -0.3 is 10.1 Å². The molecule has 100 valence electrons. The molecule has 2 rings (SSSR count). The molecule has 0 fully saturated rings. The molecule has 0 aliphatic heterocycles. The first kappa shape index (κ1) is 14.0. The van der Waals surface area contributed by atoms with E-state index < -0.39 is 0 Å². The standard InChI is InChI=1S/C15H17BrN2O/c1-2-17-15-13(6-4-8-18-15)11-19-10-12-5-3-7-14(16)9-12/h3-9H,2,10-11H2,1H3,(H,17,18). The zero-order valence-electron chi connectivity index (χ0n) is 10.9. The summed E-state index contributed by atoms with van der Waals surface area (Å²) >= 11 is 3.46. The summed E-state index contributed by atoms with van der Waals surface area (Å²) in [4.78, 5) is 4.31. The summed E-state index contributed by atoms with van der Waals surface area (Å²) < 4.78 is 6.82.